The summed E-state index contributed by atoms with van der Waals surface area (Å²) < 4.78 is 27.2. The summed E-state index contributed by atoms with van der Waals surface area (Å²) in [5, 5.41) is 8.97. The molecule has 0 spiro atoms. The minimum atomic E-state index is -3.89. The van der Waals surface area contributed by atoms with E-state index in [-0.39, 0.29) is 4.90 Å². The molecule has 0 amide bonds. The molecule has 3 aromatic rings. The molecule has 0 aliphatic heterocycles. The molecule has 0 atom stereocenters. The van der Waals surface area contributed by atoms with Gasteiger partial charge in [0.2, 0.25) is 0 Å². The fourth-order valence-electron chi connectivity index (χ4n) is 2.29. The average molecular weight is 407 g/mol. The number of hydrogen-bond acceptors (Lipinski definition) is 4. The second kappa shape index (κ2) is 5.81. The Hall–Kier alpha value is -2.57. The van der Waals surface area contributed by atoms with Crippen molar-refractivity contribution in [3.05, 3.63) is 56.9 Å². The number of rotatable bonds is 3. The van der Waals surface area contributed by atoms with Crippen LogP contribution in [0, 0.1) is 11.3 Å². The summed E-state index contributed by atoms with van der Waals surface area (Å²) in [6.07, 6.45) is 0. The second-order valence-electron chi connectivity index (χ2n) is 5.04. The third-order valence-electron chi connectivity index (χ3n) is 3.55. The lowest BCUT2D eigenvalue weighted by atomic mass is 10.2. The van der Waals surface area contributed by atoms with Gasteiger partial charge in [0.25, 0.3) is 10.0 Å². The van der Waals surface area contributed by atoms with E-state index in [9.17, 15) is 13.2 Å². The maximum Gasteiger partial charge on any atom is 0.323 e. The molecule has 7 nitrogen and oxygen atoms in total. The van der Waals surface area contributed by atoms with Gasteiger partial charge >= 0.3 is 5.69 Å². The summed E-state index contributed by atoms with van der Waals surface area (Å²) in [4.78, 5) is 16.5. The topological polar surface area (TPSA) is 110 Å². The number of H-pyrrole nitrogens is 2. The minimum absolute atomic E-state index is 0.00936. The first-order valence-electron chi connectivity index (χ1n) is 6.73. The van der Waals surface area contributed by atoms with Crippen molar-refractivity contribution >= 4 is 42.7 Å². The van der Waals surface area contributed by atoms with Crippen molar-refractivity contribution in [2.75, 3.05) is 11.4 Å². The quantitative estimate of drug-likeness (QED) is 0.694. The van der Waals surface area contributed by atoms with Crippen molar-refractivity contribution in [3.8, 4) is 6.07 Å². The van der Waals surface area contributed by atoms with E-state index in [4.69, 9.17) is 5.26 Å². The van der Waals surface area contributed by atoms with Gasteiger partial charge in [-0.2, -0.15) is 5.26 Å². The zero-order chi connectivity index (χ0) is 17.5. The summed E-state index contributed by atoms with van der Waals surface area (Å²) in [6.45, 7) is 0. The van der Waals surface area contributed by atoms with Crippen molar-refractivity contribution in [2.24, 2.45) is 0 Å². The fraction of sp³-hybridized carbons (Fsp3) is 0.0667. The molecule has 0 unspecified atom stereocenters. The van der Waals surface area contributed by atoms with Crippen LogP contribution in [-0.4, -0.2) is 25.4 Å². The second-order valence-corrected chi connectivity index (χ2v) is 7.83. The summed E-state index contributed by atoms with van der Waals surface area (Å²) in [7, 11) is -2.48. The van der Waals surface area contributed by atoms with E-state index in [0.29, 0.717) is 26.8 Å². The predicted octanol–water partition coefficient (Wildman–Crippen LogP) is 2.32. The molecular weight excluding hydrogens is 396 g/mol. The Kier molecular flexibility index (Phi) is 3.95. The third-order valence-corrected chi connectivity index (χ3v) is 6.29. The van der Waals surface area contributed by atoms with Gasteiger partial charge in [-0.25, -0.2) is 13.2 Å². The molecule has 0 aliphatic rings. The molecule has 3 rings (SSSR count). The molecule has 0 aliphatic carbocycles. The van der Waals surface area contributed by atoms with Gasteiger partial charge in [-0.15, -0.1) is 0 Å². The predicted molar refractivity (Wildman–Crippen MR) is 93.4 cm³/mol. The molecule has 1 heterocycles. The van der Waals surface area contributed by atoms with Crippen molar-refractivity contribution in [3.63, 3.8) is 0 Å². The molecule has 24 heavy (non-hydrogen) atoms. The Morgan fingerprint density at radius 1 is 1.17 bits per heavy atom. The van der Waals surface area contributed by atoms with Crippen LogP contribution in [-0.2, 0) is 10.0 Å². The Morgan fingerprint density at radius 2 is 1.83 bits per heavy atom. The number of hydrogen-bond donors (Lipinski definition) is 2. The summed E-state index contributed by atoms with van der Waals surface area (Å²) in [6, 6.07) is 11.2. The van der Waals surface area contributed by atoms with Gasteiger partial charge in [-0.05, 0) is 46.3 Å². The molecule has 1 aromatic heterocycles. The first-order chi connectivity index (χ1) is 11.3. The number of halogens is 1. The molecule has 0 saturated heterocycles. The molecule has 2 N–H and O–H groups in total. The minimum Gasteiger partial charge on any atom is -0.306 e. The van der Waals surface area contributed by atoms with Gasteiger partial charge in [-0.3, -0.25) is 4.31 Å². The highest BCUT2D eigenvalue weighted by atomic mass is 79.9. The molecule has 0 fully saturated rings. The highest BCUT2D eigenvalue weighted by Gasteiger charge is 2.25. The Balaban J connectivity index is 2.14. The third kappa shape index (κ3) is 2.70. The summed E-state index contributed by atoms with van der Waals surface area (Å²) in [5.74, 6) is 0. The zero-order valence-electron chi connectivity index (χ0n) is 12.4. The standard InChI is InChI=1S/C15H11BrN4O3S/c1-20(10-4-2-3-9(5-10)8-17)24(22,23)14-7-13-12(6-11(14)16)18-15(21)19-13/h2-7H,1H3,(H2,18,19,21). The van der Waals surface area contributed by atoms with Crippen LogP contribution in [0.5, 0.6) is 0 Å². The largest absolute Gasteiger partial charge is 0.323 e. The first-order valence-corrected chi connectivity index (χ1v) is 8.97. The van der Waals surface area contributed by atoms with E-state index in [1.807, 2.05) is 6.07 Å². The van der Waals surface area contributed by atoms with Gasteiger partial charge in [0.05, 0.1) is 28.4 Å². The molecule has 122 valence electrons. The number of anilines is 1. The Labute approximate surface area is 145 Å². The number of nitriles is 1. The molecular formula is C15H11BrN4O3S. The average Bonchev–Trinajstić information content (AvgIpc) is 2.92. The van der Waals surface area contributed by atoms with Crippen molar-refractivity contribution < 1.29 is 8.42 Å². The molecule has 9 heteroatoms. The monoisotopic (exact) mass is 406 g/mol. The molecule has 2 aromatic carbocycles. The van der Waals surface area contributed by atoms with Gasteiger partial charge in [0, 0.05) is 11.5 Å². The molecule has 0 radical (unpaired) electrons. The van der Waals surface area contributed by atoms with Crippen LogP contribution in [0.15, 0.2) is 50.6 Å². The Morgan fingerprint density at radius 3 is 2.50 bits per heavy atom. The first kappa shape index (κ1) is 16.3. The van der Waals surface area contributed by atoms with Crippen LogP contribution >= 0.6 is 15.9 Å². The lowest BCUT2D eigenvalue weighted by molar-refractivity contribution is 0.594. The van der Waals surface area contributed by atoms with Crippen LogP contribution in [0.4, 0.5) is 5.69 Å². The van der Waals surface area contributed by atoms with E-state index in [1.165, 1.54) is 25.2 Å². The zero-order valence-corrected chi connectivity index (χ0v) is 14.8. The SMILES string of the molecule is CN(c1cccc(C#N)c1)S(=O)(=O)c1cc2[nH]c(=O)[nH]c2cc1Br. The van der Waals surface area contributed by atoms with Crippen LogP contribution in [0.25, 0.3) is 11.0 Å². The van der Waals surface area contributed by atoms with Gasteiger partial charge < -0.3 is 9.97 Å². The fourth-order valence-corrected chi connectivity index (χ4v) is 4.51. The highest BCUT2D eigenvalue weighted by Crippen LogP contribution is 2.30. The number of imidazole rings is 1. The summed E-state index contributed by atoms with van der Waals surface area (Å²) >= 11 is 3.24. The van der Waals surface area contributed by atoms with E-state index in [2.05, 4.69) is 25.9 Å². The van der Waals surface area contributed by atoms with E-state index in [0.717, 1.165) is 4.31 Å². The molecule has 0 bridgehead atoms. The van der Waals surface area contributed by atoms with Gasteiger partial charge in [0.1, 0.15) is 4.90 Å². The van der Waals surface area contributed by atoms with E-state index in [1.54, 1.807) is 18.2 Å². The normalized spacial score (nSPS) is 11.4. The maximum absolute atomic E-state index is 12.9. The number of fused-ring (bicyclic) bond motifs is 1. The van der Waals surface area contributed by atoms with Crippen LogP contribution in [0.2, 0.25) is 0 Å². The smallest absolute Gasteiger partial charge is 0.306 e. The van der Waals surface area contributed by atoms with Crippen LogP contribution in [0.1, 0.15) is 5.56 Å². The summed E-state index contributed by atoms with van der Waals surface area (Å²) in [5.41, 5.74) is 1.20. The maximum atomic E-state index is 12.9. The number of benzene rings is 2. The number of nitrogens with one attached hydrogen (secondary N) is 2. The van der Waals surface area contributed by atoms with Crippen molar-refractivity contribution in [1.29, 1.82) is 5.26 Å². The molecule has 0 saturated carbocycles. The van der Waals surface area contributed by atoms with Crippen LogP contribution < -0.4 is 9.99 Å². The van der Waals surface area contributed by atoms with Crippen molar-refractivity contribution in [1.82, 2.24) is 9.97 Å². The van der Waals surface area contributed by atoms with Crippen LogP contribution in [0.3, 0.4) is 0 Å². The highest BCUT2D eigenvalue weighted by molar-refractivity contribution is 9.10. The van der Waals surface area contributed by atoms with Gasteiger partial charge in [-0.1, -0.05) is 6.07 Å². The van der Waals surface area contributed by atoms with E-state index >= 15 is 0 Å². The number of aromatic nitrogens is 2. The van der Waals surface area contributed by atoms with E-state index < -0.39 is 15.7 Å². The lowest BCUT2D eigenvalue weighted by Crippen LogP contribution is -2.27. The number of sulfonamides is 1. The lowest BCUT2D eigenvalue weighted by Gasteiger charge is -2.20. The number of aromatic amines is 2. The van der Waals surface area contributed by atoms with Crippen molar-refractivity contribution in [2.45, 2.75) is 4.90 Å². The Bertz CT molecular complexity index is 1140. The number of nitrogens with zero attached hydrogens (tertiary/aromatic N) is 2. The van der Waals surface area contributed by atoms with Gasteiger partial charge in [0.15, 0.2) is 0 Å².